The Labute approximate surface area is 226 Å². The number of fused-ring (bicyclic) bond motifs is 1. The highest BCUT2D eigenvalue weighted by Crippen LogP contribution is 2.27. The number of aromatic nitrogens is 3. The molecule has 1 saturated heterocycles. The van der Waals surface area contributed by atoms with E-state index in [0.29, 0.717) is 35.1 Å². The number of piperidine rings is 1. The van der Waals surface area contributed by atoms with Crippen molar-refractivity contribution in [2.24, 2.45) is 0 Å². The first kappa shape index (κ1) is 25.9. The lowest BCUT2D eigenvalue weighted by Gasteiger charge is -2.34. The Morgan fingerprint density at radius 3 is 2.58 bits per heavy atom. The van der Waals surface area contributed by atoms with Crippen LogP contribution in [0.5, 0.6) is 0 Å². The van der Waals surface area contributed by atoms with Crippen LogP contribution >= 0.6 is 11.6 Å². The van der Waals surface area contributed by atoms with E-state index >= 15 is 0 Å². The molecular formula is C29H32ClN5O3. The summed E-state index contributed by atoms with van der Waals surface area (Å²) >= 11 is 6.54. The van der Waals surface area contributed by atoms with E-state index in [0.717, 1.165) is 30.6 Å². The largest absolute Gasteiger partial charge is 0.444 e. The lowest BCUT2D eigenvalue weighted by Crippen LogP contribution is -2.49. The van der Waals surface area contributed by atoms with Crippen LogP contribution in [-0.2, 0) is 11.3 Å². The van der Waals surface area contributed by atoms with Gasteiger partial charge in [0.2, 0.25) is 5.95 Å². The Balaban J connectivity index is 1.55. The van der Waals surface area contributed by atoms with E-state index in [-0.39, 0.29) is 11.6 Å². The van der Waals surface area contributed by atoms with Gasteiger partial charge in [-0.05, 0) is 63.4 Å². The summed E-state index contributed by atoms with van der Waals surface area (Å²) in [5, 5.41) is 3.63. The zero-order valence-corrected chi connectivity index (χ0v) is 22.6. The van der Waals surface area contributed by atoms with Crippen molar-refractivity contribution in [1.82, 2.24) is 19.4 Å². The van der Waals surface area contributed by atoms with Crippen LogP contribution in [0.25, 0.3) is 16.7 Å². The Kier molecular flexibility index (Phi) is 7.17. The molecule has 3 heterocycles. The minimum absolute atomic E-state index is 0.104. The van der Waals surface area contributed by atoms with Gasteiger partial charge in [-0.3, -0.25) is 9.36 Å². The molecule has 0 unspecified atom stereocenters. The third-order valence-corrected chi connectivity index (χ3v) is 6.89. The number of benzene rings is 2. The molecule has 4 aromatic rings. The lowest BCUT2D eigenvalue weighted by atomic mass is 10.1. The molecule has 2 aromatic carbocycles. The number of imidazole rings is 1. The summed E-state index contributed by atoms with van der Waals surface area (Å²) in [4.78, 5) is 33.3. The van der Waals surface area contributed by atoms with Gasteiger partial charge in [-0.15, -0.1) is 0 Å². The third kappa shape index (κ3) is 5.55. The molecule has 2 aromatic heterocycles. The minimum Gasteiger partial charge on any atom is -0.444 e. The summed E-state index contributed by atoms with van der Waals surface area (Å²) in [6.07, 6.45) is 3.03. The first-order chi connectivity index (χ1) is 18.2. The number of amides is 1. The predicted octanol–water partition coefficient (Wildman–Crippen LogP) is 5.38. The second-order valence-corrected chi connectivity index (χ2v) is 11.0. The fraction of sp³-hybridized carbons (Fsp3) is 0.345. The van der Waals surface area contributed by atoms with Crippen LogP contribution in [0.4, 0.5) is 10.7 Å². The molecule has 1 atom stereocenters. The SMILES string of the molecule is CC(C)(C)OC(=O)N[C@@H]1CCCN(c2nc3ccn(-c4ccccc4)c(=O)c3n2Cc2ccccc2Cl)C1. The molecule has 0 bridgehead atoms. The smallest absolute Gasteiger partial charge is 0.407 e. The number of para-hydroxylation sites is 1. The molecule has 5 rings (SSSR count). The zero-order valence-electron chi connectivity index (χ0n) is 21.9. The Bertz CT molecular complexity index is 1510. The van der Waals surface area contributed by atoms with E-state index in [1.807, 2.05) is 86.0 Å². The van der Waals surface area contributed by atoms with Crippen LogP contribution in [0.3, 0.4) is 0 Å². The molecule has 0 spiro atoms. The van der Waals surface area contributed by atoms with Gasteiger partial charge in [0.1, 0.15) is 11.1 Å². The zero-order chi connectivity index (χ0) is 26.9. The maximum Gasteiger partial charge on any atom is 0.407 e. The molecule has 1 amide bonds. The lowest BCUT2D eigenvalue weighted by molar-refractivity contribution is 0.0500. The monoisotopic (exact) mass is 533 g/mol. The van der Waals surface area contributed by atoms with Crippen molar-refractivity contribution < 1.29 is 9.53 Å². The summed E-state index contributed by atoms with van der Waals surface area (Å²) in [6.45, 7) is 7.24. The van der Waals surface area contributed by atoms with Gasteiger partial charge in [-0.25, -0.2) is 9.78 Å². The third-order valence-electron chi connectivity index (χ3n) is 6.52. The molecule has 0 saturated carbocycles. The van der Waals surface area contributed by atoms with Crippen molar-refractivity contribution in [1.29, 1.82) is 0 Å². The van der Waals surface area contributed by atoms with Crippen LogP contribution in [0, 0.1) is 0 Å². The number of nitrogens with zero attached hydrogens (tertiary/aromatic N) is 4. The normalized spacial score (nSPS) is 16.0. The second kappa shape index (κ2) is 10.5. The highest BCUT2D eigenvalue weighted by molar-refractivity contribution is 6.31. The number of pyridine rings is 1. The Morgan fingerprint density at radius 2 is 1.84 bits per heavy atom. The highest BCUT2D eigenvalue weighted by Gasteiger charge is 2.28. The molecule has 1 aliphatic heterocycles. The maximum atomic E-state index is 13.8. The minimum atomic E-state index is -0.569. The van der Waals surface area contributed by atoms with Gasteiger partial charge in [0, 0.05) is 36.0 Å². The Morgan fingerprint density at radius 1 is 1.11 bits per heavy atom. The molecule has 1 N–H and O–H groups in total. The van der Waals surface area contributed by atoms with E-state index in [4.69, 9.17) is 21.3 Å². The van der Waals surface area contributed by atoms with Crippen molar-refractivity contribution in [3.63, 3.8) is 0 Å². The van der Waals surface area contributed by atoms with Crippen molar-refractivity contribution in [3.05, 3.63) is 87.8 Å². The standard InChI is InChI=1S/C29H32ClN5O3/c1-29(2,3)38-28(37)31-21-11-9-16-33(19-21)27-32-24-15-17-34(22-12-5-4-6-13-22)26(36)25(24)35(27)18-20-10-7-8-14-23(20)30/h4-8,10,12-15,17,21H,9,11,16,18-19H2,1-3H3,(H,31,37)/t21-/m1/s1. The fourth-order valence-electron chi connectivity index (χ4n) is 4.86. The van der Waals surface area contributed by atoms with Crippen molar-refractivity contribution in [2.45, 2.75) is 51.8 Å². The summed E-state index contributed by atoms with van der Waals surface area (Å²) in [5.74, 6) is 0.679. The number of nitrogens with one attached hydrogen (secondary N) is 1. The van der Waals surface area contributed by atoms with Crippen molar-refractivity contribution in [2.75, 3.05) is 18.0 Å². The number of carbonyl (C=O) groups excluding carboxylic acids is 1. The van der Waals surface area contributed by atoms with E-state index < -0.39 is 11.7 Å². The van der Waals surface area contributed by atoms with Gasteiger partial charge in [0.25, 0.3) is 5.56 Å². The molecule has 1 aliphatic rings. The number of hydrogen-bond acceptors (Lipinski definition) is 5. The van der Waals surface area contributed by atoms with Gasteiger partial charge in [-0.2, -0.15) is 0 Å². The average molecular weight is 534 g/mol. The van der Waals surface area contributed by atoms with Crippen LogP contribution in [0.2, 0.25) is 5.02 Å². The topological polar surface area (TPSA) is 81.4 Å². The van der Waals surface area contributed by atoms with Gasteiger partial charge >= 0.3 is 6.09 Å². The van der Waals surface area contributed by atoms with E-state index in [2.05, 4.69) is 10.2 Å². The maximum absolute atomic E-state index is 13.8. The fourth-order valence-corrected chi connectivity index (χ4v) is 5.05. The molecule has 198 valence electrons. The number of anilines is 1. The first-order valence-corrected chi connectivity index (χ1v) is 13.2. The molecule has 38 heavy (non-hydrogen) atoms. The van der Waals surface area contributed by atoms with Crippen LogP contribution in [-0.4, -0.2) is 44.9 Å². The number of alkyl carbamates (subject to hydrolysis) is 1. The molecule has 9 heteroatoms. The van der Waals surface area contributed by atoms with Gasteiger partial charge < -0.3 is 19.5 Å². The molecule has 0 aliphatic carbocycles. The number of carbonyl (C=O) groups is 1. The van der Waals surface area contributed by atoms with Gasteiger partial charge in [-0.1, -0.05) is 48.0 Å². The summed E-state index contributed by atoms with van der Waals surface area (Å²) in [6, 6.07) is 18.9. The molecule has 8 nitrogen and oxygen atoms in total. The van der Waals surface area contributed by atoms with Gasteiger partial charge in [0.15, 0.2) is 0 Å². The average Bonchev–Trinajstić information content (AvgIpc) is 3.24. The Hall–Kier alpha value is -3.78. The summed E-state index contributed by atoms with van der Waals surface area (Å²) in [7, 11) is 0. The number of halogens is 1. The predicted molar refractivity (Wildman–Crippen MR) is 150 cm³/mol. The van der Waals surface area contributed by atoms with E-state index in [1.165, 1.54) is 0 Å². The number of ether oxygens (including phenoxy) is 1. The van der Waals surface area contributed by atoms with E-state index in [9.17, 15) is 9.59 Å². The highest BCUT2D eigenvalue weighted by atomic mass is 35.5. The molecule has 0 radical (unpaired) electrons. The number of rotatable bonds is 5. The van der Waals surface area contributed by atoms with Crippen molar-refractivity contribution in [3.8, 4) is 5.69 Å². The van der Waals surface area contributed by atoms with Crippen LogP contribution in [0.1, 0.15) is 39.2 Å². The number of hydrogen-bond donors (Lipinski definition) is 1. The van der Waals surface area contributed by atoms with Crippen LogP contribution < -0.4 is 15.8 Å². The summed E-state index contributed by atoms with van der Waals surface area (Å²) < 4.78 is 9.06. The molecule has 1 fully saturated rings. The molecular weight excluding hydrogens is 502 g/mol. The quantitative estimate of drug-likeness (QED) is 0.372. The first-order valence-electron chi connectivity index (χ1n) is 12.8. The van der Waals surface area contributed by atoms with Crippen LogP contribution in [0.15, 0.2) is 71.7 Å². The van der Waals surface area contributed by atoms with E-state index in [1.54, 1.807) is 10.8 Å². The van der Waals surface area contributed by atoms with Gasteiger partial charge in [0.05, 0.1) is 12.1 Å². The second-order valence-electron chi connectivity index (χ2n) is 10.6. The van der Waals surface area contributed by atoms with Crippen molar-refractivity contribution >= 4 is 34.7 Å². The summed E-state index contributed by atoms with van der Waals surface area (Å²) in [5.41, 5.74) is 2.08.